The second-order valence-electron chi connectivity index (χ2n) is 8.34. The van der Waals surface area contributed by atoms with Crippen LogP contribution in [0, 0.1) is 5.41 Å². The summed E-state index contributed by atoms with van der Waals surface area (Å²) in [6, 6.07) is 8.20. The van der Waals surface area contributed by atoms with Crippen LogP contribution in [0.15, 0.2) is 36.9 Å². The Bertz CT molecular complexity index is 703. The first kappa shape index (κ1) is 19.6. The molecular formula is C20H31N5O2. The number of nitrogens with zero attached hydrogens (tertiary/aromatic N) is 5. The van der Waals surface area contributed by atoms with Crippen molar-refractivity contribution in [2.75, 3.05) is 44.7 Å². The summed E-state index contributed by atoms with van der Waals surface area (Å²) < 4.78 is 6.96. The van der Waals surface area contributed by atoms with Crippen LogP contribution < -0.4 is 9.64 Å². The number of methoxy groups -OCH3 is 1. The van der Waals surface area contributed by atoms with Crippen LogP contribution in [0.5, 0.6) is 5.75 Å². The maximum Gasteiger partial charge on any atom is 0.137 e. The fraction of sp³-hybridized carbons (Fsp3) is 0.600. The van der Waals surface area contributed by atoms with Crippen LogP contribution in [-0.2, 0) is 6.54 Å². The highest BCUT2D eigenvalue weighted by atomic mass is 16.5. The molecule has 1 aliphatic rings. The van der Waals surface area contributed by atoms with E-state index in [1.165, 1.54) is 12.0 Å². The molecule has 1 aromatic heterocycles. The van der Waals surface area contributed by atoms with Crippen LogP contribution in [-0.4, -0.2) is 70.2 Å². The smallest absolute Gasteiger partial charge is 0.137 e. The first-order valence-corrected chi connectivity index (χ1v) is 9.47. The fourth-order valence-corrected chi connectivity index (χ4v) is 3.43. The van der Waals surface area contributed by atoms with E-state index in [0.29, 0.717) is 13.1 Å². The van der Waals surface area contributed by atoms with E-state index in [9.17, 15) is 5.11 Å². The highest BCUT2D eigenvalue weighted by Gasteiger charge is 2.42. The third-order valence-electron chi connectivity index (χ3n) is 5.58. The van der Waals surface area contributed by atoms with Crippen LogP contribution in [0.2, 0.25) is 0 Å². The number of rotatable bonds is 6. The summed E-state index contributed by atoms with van der Waals surface area (Å²) in [5.74, 6) is 0.876. The van der Waals surface area contributed by atoms with Gasteiger partial charge in [0.15, 0.2) is 0 Å². The van der Waals surface area contributed by atoms with Crippen molar-refractivity contribution in [2.24, 2.45) is 5.41 Å². The van der Waals surface area contributed by atoms with Crippen molar-refractivity contribution >= 4 is 5.69 Å². The molecule has 1 atom stereocenters. The summed E-state index contributed by atoms with van der Waals surface area (Å²) in [7, 11) is 1.68. The predicted molar refractivity (Wildman–Crippen MR) is 106 cm³/mol. The molecule has 1 aliphatic heterocycles. The number of benzene rings is 1. The minimum absolute atomic E-state index is 0.272. The van der Waals surface area contributed by atoms with Crippen molar-refractivity contribution in [1.29, 1.82) is 0 Å². The molecule has 1 fully saturated rings. The Labute approximate surface area is 161 Å². The number of piperazine rings is 1. The summed E-state index contributed by atoms with van der Waals surface area (Å²) in [4.78, 5) is 8.73. The largest absolute Gasteiger partial charge is 0.497 e. The molecule has 1 saturated heterocycles. The maximum atomic E-state index is 11.5. The molecule has 7 heteroatoms. The van der Waals surface area contributed by atoms with Gasteiger partial charge in [-0.05, 0) is 29.7 Å². The molecule has 7 nitrogen and oxygen atoms in total. The Morgan fingerprint density at radius 3 is 2.22 bits per heavy atom. The second-order valence-corrected chi connectivity index (χ2v) is 8.34. The van der Waals surface area contributed by atoms with Crippen molar-refractivity contribution in [3.05, 3.63) is 36.9 Å². The van der Waals surface area contributed by atoms with Gasteiger partial charge < -0.3 is 14.7 Å². The first-order valence-electron chi connectivity index (χ1n) is 9.47. The first-order chi connectivity index (χ1) is 12.8. The Balaban J connectivity index is 1.61. The molecule has 0 aliphatic carbocycles. The molecule has 2 aromatic rings. The third-order valence-corrected chi connectivity index (χ3v) is 5.58. The van der Waals surface area contributed by atoms with Gasteiger partial charge in [-0.3, -0.25) is 9.58 Å². The topological polar surface area (TPSA) is 66.7 Å². The summed E-state index contributed by atoms with van der Waals surface area (Å²) >= 11 is 0. The molecule has 148 valence electrons. The number of anilines is 1. The summed E-state index contributed by atoms with van der Waals surface area (Å²) in [6.07, 6.45) is 3.18. The zero-order valence-corrected chi connectivity index (χ0v) is 16.8. The van der Waals surface area contributed by atoms with Crippen molar-refractivity contribution in [3.8, 4) is 5.75 Å². The Kier molecular flexibility index (Phi) is 5.72. The summed E-state index contributed by atoms with van der Waals surface area (Å²) in [5.41, 5.74) is 0.0545. The number of aromatic nitrogens is 3. The second kappa shape index (κ2) is 7.86. The van der Waals surface area contributed by atoms with Crippen LogP contribution in [0.4, 0.5) is 5.69 Å². The molecule has 27 heavy (non-hydrogen) atoms. The van der Waals surface area contributed by atoms with Gasteiger partial charge in [0.1, 0.15) is 24.0 Å². The fourth-order valence-electron chi connectivity index (χ4n) is 3.43. The zero-order chi connectivity index (χ0) is 19.5. The molecule has 0 bridgehead atoms. The average molecular weight is 374 g/mol. The molecule has 0 saturated carbocycles. The highest BCUT2D eigenvalue weighted by Crippen LogP contribution is 2.33. The minimum atomic E-state index is -0.886. The van der Waals surface area contributed by atoms with E-state index >= 15 is 0 Å². The van der Waals surface area contributed by atoms with Crippen LogP contribution in [0.25, 0.3) is 0 Å². The number of hydrogen-bond donors (Lipinski definition) is 1. The lowest BCUT2D eigenvalue weighted by atomic mass is 9.76. The standard InChI is InChI=1S/C20H31N5O2/c1-19(2,3)20(26,14-25-16-21-15-22-25)13-23-9-11-24(12-10-23)17-5-7-18(27-4)8-6-17/h5-8,15-16,26H,9-14H2,1-4H3. The van der Waals surface area contributed by atoms with Crippen LogP contribution in [0.1, 0.15) is 20.8 Å². The van der Waals surface area contributed by atoms with E-state index in [4.69, 9.17) is 4.74 Å². The van der Waals surface area contributed by atoms with Gasteiger partial charge in [0.2, 0.25) is 0 Å². The summed E-state index contributed by atoms with van der Waals surface area (Å²) in [5, 5.41) is 15.6. The van der Waals surface area contributed by atoms with Crippen molar-refractivity contribution in [3.63, 3.8) is 0 Å². The molecule has 0 amide bonds. The van der Waals surface area contributed by atoms with Gasteiger partial charge in [0.25, 0.3) is 0 Å². The lowest BCUT2D eigenvalue weighted by molar-refractivity contribution is -0.0946. The predicted octanol–water partition coefficient (Wildman–Crippen LogP) is 1.89. The zero-order valence-electron chi connectivity index (χ0n) is 16.8. The molecule has 2 heterocycles. The molecule has 1 unspecified atom stereocenters. The number of ether oxygens (including phenoxy) is 1. The van der Waals surface area contributed by atoms with Gasteiger partial charge in [0, 0.05) is 38.4 Å². The molecule has 0 spiro atoms. The normalized spacial score (nSPS) is 18.3. The van der Waals surface area contributed by atoms with E-state index in [1.807, 2.05) is 12.1 Å². The number of hydrogen-bond acceptors (Lipinski definition) is 6. The number of β-amino-alcohol motifs (C(OH)–C–C–N with tert-alkyl or cyclic N) is 1. The van der Waals surface area contributed by atoms with Gasteiger partial charge in [-0.2, -0.15) is 5.10 Å². The molecule has 1 aromatic carbocycles. The Hall–Kier alpha value is -2.12. The van der Waals surface area contributed by atoms with E-state index in [2.05, 4.69) is 52.8 Å². The number of aliphatic hydroxyl groups is 1. The van der Waals surface area contributed by atoms with Crippen LogP contribution in [0.3, 0.4) is 0 Å². The lowest BCUT2D eigenvalue weighted by Gasteiger charge is -2.45. The van der Waals surface area contributed by atoms with E-state index < -0.39 is 5.60 Å². The van der Waals surface area contributed by atoms with E-state index in [1.54, 1.807) is 18.1 Å². The minimum Gasteiger partial charge on any atom is -0.497 e. The van der Waals surface area contributed by atoms with Crippen molar-refractivity contribution in [2.45, 2.75) is 32.9 Å². The van der Waals surface area contributed by atoms with Gasteiger partial charge in [-0.1, -0.05) is 20.8 Å². The van der Waals surface area contributed by atoms with Crippen LogP contribution >= 0.6 is 0 Å². The van der Waals surface area contributed by atoms with Crippen molar-refractivity contribution in [1.82, 2.24) is 19.7 Å². The van der Waals surface area contributed by atoms with Gasteiger partial charge >= 0.3 is 0 Å². The summed E-state index contributed by atoms with van der Waals surface area (Å²) in [6.45, 7) is 11.0. The lowest BCUT2D eigenvalue weighted by Crippen LogP contribution is -2.58. The quantitative estimate of drug-likeness (QED) is 0.834. The SMILES string of the molecule is COc1ccc(N2CCN(CC(O)(Cn3cncn3)C(C)(C)C)CC2)cc1. The van der Waals surface area contributed by atoms with Gasteiger partial charge in [-0.15, -0.1) is 0 Å². The molecule has 1 N–H and O–H groups in total. The Morgan fingerprint density at radius 1 is 1.04 bits per heavy atom. The third kappa shape index (κ3) is 4.59. The van der Waals surface area contributed by atoms with E-state index in [-0.39, 0.29) is 5.41 Å². The van der Waals surface area contributed by atoms with E-state index in [0.717, 1.165) is 31.9 Å². The average Bonchev–Trinajstić information content (AvgIpc) is 3.14. The molecule has 3 rings (SSSR count). The highest BCUT2D eigenvalue weighted by molar-refractivity contribution is 5.49. The van der Waals surface area contributed by atoms with Gasteiger partial charge in [-0.25, -0.2) is 4.98 Å². The van der Waals surface area contributed by atoms with Crippen molar-refractivity contribution < 1.29 is 9.84 Å². The van der Waals surface area contributed by atoms with Gasteiger partial charge in [0.05, 0.1) is 13.7 Å². The Morgan fingerprint density at radius 2 is 1.70 bits per heavy atom. The maximum absolute atomic E-state index is 11.5. The molecular weight excluding hydrogens is 342 g/mol. The molecule has 0 radical (unpaired) electrons. The monoisotopic (exact) mass is 373 g/mol.